The van der Waals surface area contributed by atoms with Crippen molar-refractivity contribution in [1.29, 1.82) is 5.26 Å². The van der Waals surface area contributed by atoms with Gasteiger partial charge in [0.15, 0.2) is 0 Å². The van der Waals surface area contributed by atoms with Gasteiger partial charge in [0.25, 0.3) is 0 Å². The second-order valence-corrected chi connectivity index (χ2v) is 4.41. The molecule has 0 radical (unpaired) electrons. The molecule has 0 saturated carbocycles. The molecule has 3 nitrogen and oxygen atoms in total. The fraction of sp³-hybridized carbons (Fsp3) is 0.133. The van der Waals surface area contributed by atoms with E-state index in [4.69, 9.17) is 11.0 Å². The number of nitrogen functional groups attached to an aromatic ring is 1. The van der Waals surface area contributed by atoms with Crippen LogP contribution in [0.2, 0.25) is 0 Å². The van der Waals surface area contributed by atoms with Crippen molar-refractivity contribution in [2.24, 2.45) is 0 Å². The maximum atomic E-state index is 13.2. The first-order valence-corrected chi connectivity index (χ1v) is 5.85. The van der Waals surface area contributed by atoms with Gasteiger partial charge in [-0.05, 0) is 48.0 Å². The van der Waals surface area contributed by atoms with Gasteiger partial charge in [-0.3, -0.25) is 0 Å². The summed E-state index contributed by atoms with van der Waals surface area (Å²) in [6.07, 6.45) is 0. The van der Waals surface area contributed by atoms with Gasteiger partial charge >= 0.3 is 0 Å². The van der Waals surface area contributed by atoms with Crippen LogP contribution in [0.1, 0.15) is 11.1 Å². The Morgan fingerprint density at radius 1 is 1.21 bits per heavy atom. The number of anilines is 2. The van der Waals surface area contributed by atoms with E-state index in [0.717, 1.165) is 11.3 Å². The number of nitrogens with two attached hydrogens (primary N) is 1. The van der Waals surface area contributed by atoms with Crippen molar-refractivity contribution in [2.75, 3.05) is 17.7 Å². The lowest BCUT2D eigenvalue weighted by molar-refractivity contribution is 0.626. The average molecular weight is 255 g/mol. The van der Waals surface area contributed by atoms with Gasteiger partial charge in [-0.25, -0.2) is 4.39 Å². The first kappa shape index (κ1) is 12.9. The molecule has 2 N–H and O–H groups in total. The molecule has 2 aromatic carbocycles. The Kier molecular flexibility index (Phi) is 3.67. The summed E-state index contributed by atoms with van der Waals surface area (Å²) in [6, 6.07) is 13.8. The first-order chi connectivity index (χ1) is 9.08. The minimum Gasteiger partial charge on any atom is -0.399 e. The summed E-state index contributed by atoms with van der Waals surface area (Å²) in [4.78, 5) is 1.97. The molecule has 0 spiro atoms. The molecule has 0 atom stereocenters. The zero-order valence-electron chi connectivity index (χ0n) is 10.6. The summed E-state index contributed by atoms with van der Waals surface area (Å²) in [5.41, 5.74) is 8.42. The summed E-state index contributed by atoms with van der Waals surface area (Å²) in [6.45, 7) is 0.549. The van der Waals surface area contributed by atoms with Gasteiger partial charge in [-0.2, -0.15) is 5.26 Å². The Hall–Kier alpha value is -2.54. The van der Waals surface area contributed by atoms with Crippen molar-refractivity contribution in [3.63, 3.8) is 0 Å². The van der Waals surface area contributed by atoms with Crippen molar-refractivity contribution >= 4 is 11.4 Å². The zero-order chi connectivity index (χ0) is 13.8. The van der Waals surface area contributed by atoms with Gasteiger partial charge in [-0.15, -0.1) is 0 Å². The maximum Gasteiger partial charge on any atom is 0.125 e. The summed E-state index contributed by atoms with van der Waals surface area (Å²) in [5.74, 6) is -0.330. The zero-order valence-corrected chi connectivity index (χ0v) is 10.6. The Labute approximate surface area is 111 Å². The van der Waals surface area contributed by atoms with Crippen LogP contribution in [0.5, 0.6) is 0 Å². The van der Waals surface area contributed by atoms with Crippen molar-refractivity contribution < 1.29 is 4.39 Å². The number of rotatable bonds is 3. The molecule has 96 valence electrons. The maximum absolute atomic E-state index is 13.2. The highest BCUT2D eigenvalue weighted by atomic mass is 19.1. The van der Waals surface area contributed by atoms with Crippen LogP contribution >= 0.6 is 0 Å². The Morgan fingerprint density at radius 3 is 2.47 bits per heavy atom. The number of halogens is 1. The minimum absolute atomic E-state index is 0.330. The molecule has 0 fully saturated rings. The Morgan fingerprint density at radius 2 is 1.89 bits per heavy atom. The van der Waals surface area contributed by atoms with E-state index in [9.17, 15) is 4.39 Å². The highest BCUT2D eigenvalue weighted by Crippen LogP contribution is 2.18. The Balaban J connectivity index is 2.15. The average Bonchev–Trinajstić information content (AvgIpc) is 2.37. The predicted octanol–water partition coefficient (Wildman–Crippen LogP) is 2.92. The molecule has 0 bridgehead atoms. The van der Waals surface area contributed by atoms with Crippen molar-refractivity contribution in [3.8, 4) is 6.07 Å². The second kappa shape index (κ2) is 5.40. The molecule has 19 heavy (non-hydrogen) atoms. The van der Waals surface area contributed by atoms with E-state index in [1.54, 1.807) is 18.2 Å². The van der Waals surface area contributed by atoms with Gasteiger partial charge in [0.2, 0.25) is 0 Å². The van der Waals surface area contributed by atoms with E-state index in [0.29, 0.717) is 17.8 Å². The van der Waals surface area contributed by atoms with Gasteiger partial charge in [-0.1, -0.05) is 0 Å². The number of nitriles is 1. The molecule has 0 aliphatic rings. The predicted molar refractivity (Wildman–Crippen MR) is 74.1 cm³/mol. The molecule has 0 aromatic heterocycles. The van der Waals surface area contributed by atoms with Crippen LogP contribution in [0.4, 0.5) is 15.8 Å². The summed E-state index contributed by atoms with van der Waals surface area (Å²) in [7, 11) is 1.91. The molecule has 4 heteroatoms. The van der Waals surface area contributed by atoms with Crippen LogP contribution < -0.4 is 10.6 Å². The van der Waals surface area contributed by atoms with Crippen LogP contribution in [0, 0.1) is 17.1 Å². The summed E-state index contributed by atoms with van der Waals surface area (Å²) >= 11 is 0. The third kappa shape index (κ3) is 3.23. The monoisotopic (exact) mass is 255 g/mol. The number of hydrogen-bond donors (Lipinski definition) is 1. The number of benzene rings is 2. The first-order valence-electron chi connectivity index (χ1n) is 5.85. The second-order valence-electron chi connectivity index (χ2n) is 4.41. The van der Waals surface area contributed by atoms with Crippen LogP contribution in [-0.4, -0.2) is 7.05 Å². The SMILES string of the molecule is CN(Cc1cc(N)cc(F)c1)c1ccc(C#N)cc1. The number of hydrogen-bond acceptors (Lipinski definition) is 3. The molecule has 0 unspecified atom stereocenters. The smallest absolute Gasteiger partial charge is 0.125 e. The largest absolute Gasteiger partial charge is 0.399 e. The minimum atomic E-state index is -0.330. The fourth-order valence-corrected chi connectivity index (χ4v) is 1.92. The van der Waals surface area contributed by atoms with Crippen LogP contribution in [0.3, 0.4) is 0 Å². The standard InChI is InChI=1S/C15H14FN3/c1-19(15-4-2-11(9-17)3-5-15)10-12-6-13(16)8-14(18)7-12/h2-8H,10,18H2,1H3. The summed E-state index contributed by atoms with van der Waals surface area (Å²) in [5, 5.41) is 8.74. The Bertz CT molecular complexity index is 594. The van der Waals surface area contributed by atoms with Crippen LogP contribution in [0.25, 0.3) is 0 Å². The molecule has 0 aliphatic heterocycles. The van der Waals surface area contributed by atoms with Gasteiger partial charge in [0.05, 0.1) is 11.6 Å². The highest BCUT2D eigenvalue weighted by Gasteiger charge is 2.04. The topological polar surface area (TPSA) is 53.0 Å². The number of nitrogens with zero attached hydrogens (tertiary/aromatic N) is 2. The van der Waals surface area contributed by atoms with Crippen molar-refractivity contribution in [3.05, 3.63) is 59.4 Å². The van der Waals surface area contributed by atoms with E-state index in [2.05, 4.69) is 6.07 Å². The molecular weight excluding hydrogens is 241 g/mol. The van der Waals surface area contributed by atoms with E-state index in [1.165, 1.54) is 12.1 Å². The lowest BCUT2D eigenvalue weighted by atomic mass is 10.1. The van der Waals surface area contributed by atoms with Crippen molar-refractivity contribution in [2.45, 2.75) is 6.54 Å². The van der Waals surface area contributed by atoms with Crippen molar-refractivity contribution in [1.82, 2.24) is 0 Å². The normalized spacial score (nSPS) is 9.95. The fourth-order valence-electron chi connectivity index (χ4n) is 1.92. The van der Waals surface area contributed by atoms with E-state index in [-0.39, 0.29) is 5.82 Å². The lowest BCUT2D eigenvalue weighted by Gasteiger charge is -2.19. The molecule has 0 amide bonds. The lowest BCUT2D eigenvalue weighted by Crippen LogP contribution is -2.16. The quantitative estimate of drug-likeness (QED) is 0.858. The molecular formula is C15H14FN3. The van der Waals surface area contributed by atoms with E-state index < -0.39 is 0 Å². The van der Waals surface area contributed by atoms with Gasteiger partial charge < -0.3 is 10.6 Å². The third-order valence-corrected chi connectivity index (χ3v) is 2.84. The molecule has 0 saturated heterocycles. The van der Waals surface area contributed by atoms with E-state index in [1.807, 2.05) is 24.1 Å². The highest BCUT2D eigenvalue weighted by molar-refractivity contribution is 5.50. The molecule has 2 aromatic rings. The summed E-state index contributed by atoms with van der Waals surface area (Å²) < 4.78 is 13.2. The van der Waals surface area contributed by atoms with Gasteiger partial charge in [0.1, 0.15) is 5.82 Å². The molecule has 0 heterocycles. The van der Waals surface area contributed by atoms with Crippen LogP contribution in [-0.2, 0) is 6.54 Å². The van der Waals surface area contributed by atoms with Crippen LogP contribution in [0.15, 0.2) is 42.5 Å². The molecule has 0 aliphatic carbocycles. The van der Waals surface area contributed by atoms with Gasteiger partial charge in [0, 0.05) is 25.0 Å². The van der Waals surface area contributed by atoms with E-state index >= 15 is 0 Å². The molecule has 2 rings (SSSR count). The third-order valence-electron chi connectivity index (χ3n) is 2.84.